The van der Waals surface area contributed by atoms with E-state index in [1.54, 1.807) is 21.9 Å². The number of carboxylic acid groups (broad SMARTS) is 1. The summed E-state index contributed by atoms with van der Waals surface area (Å²) >= 11 is 6.55. The predicted octanol–water partition coefficient (Wildman–Crippen LogP) is 3.40. The minimum Gasteiger partial charge on any atom is -0.480 e. The molecule has 2 fully saturated rings. The number of imidazole rings is 1. The Labute approximate surface area is 343 Å². The Bertz CT molecular complexity index is 2150. The molecule has 3 aromatic heterocycles. The molecule has 1 aromatic carbocycles. The Balaban J connectivity index is 1.06. The minimum atomic E-state index is -4.83. The van der Waals surface area contributed by atoms with Crippen LogP contribution in [0.15, 0.2) is 48.9 Å². The number of nitrogens with two attached hydrogens (primary N) is 1. The highest BCUT2D eigenvalue weighted by Gasteiger charge is 2.39. The average molecular weight is 842 g/mol. The lowest BCUT2D eigenvalue weighted by Gasteiger charge is -2.37. The van der Waals surface area contributed by atoms with Gasteiger partial charge in [0.1, 0.15) is 0 Å². The number of benzene rings is 1. The van der Waals surface area contributed by atoms with E-state index >= 15 is 0 Å². The van der Waals surface area contributed by atoms with Crippen LogP contribution in [0.1, 0.15) is 52.0 Å². The molecule has 0 spiro atoms. The lowest BCUT2D eigenvalue weighted by molar-refractivity contribution is -0.141. The Morgan fingerprint density at radius 2 is 1.80 bits per heavy atom. The lowest BCUT2D eigenvalue weighted by Crippen LogP contribution is -2.52. The average Bonchev–Trinajstić information content (AvgIpc) is 3.80. The van der Waals surface area contributed by atoms with Crippen LogP contribution < -0.4 is 16.4 Å². The number of halogens is 4. The van der Waals surface area contributed by atoms with E-state index in [1.165, 1.54) is 42.2 Å². The van der Waals surface area contributed by atoms with Crippen LogP contribution in [0, 0.1) is 11.8 Å². The van der Waals surface area contributed by atoms with Gasteiger partial charge in [0.2, 0.25) is 5.91 Å². The van der Waals surface area contributed by atoms with E-state index in [2.05, 4.69) is 25.7 Å². The topological polar surface area (TPSA) is 197 Å². The Morgan fingerprint density at radius 3 is 2.39 bits per heavy atom. The van der Waals surface area contributed by atoms with Crippen molar-refractivity contribution in [2.24, 2.45) is 24.6 Å². The van der Waals surface area contributed by atoms with Gasteiger partial charge in [0.15, 0.2) is 17.3 Å². The van der Waals surface area contributed by atoms with Gasteiger partial charge in [-0.15, -0.1) is 0 Å². The maximum atomic E-state index is 14.2. The van der Waals surface area contributed by atoms with E-state index in [4.69, 9.17) is 17.3 Å². The van der Waals surface area contributed by atoms with Gasteiger partial charge in [-0.25, -0.2) is 14.6 Å². The number of hydrogen-bond acceptors (Lipinski definition) is 10. The van der Waals surface area contributed by atoms with Crippen LogP contribution in [-0.2, 0) is 29.2 Å². The first-order chi connectivity index (χ1) is 28.2. The monoisotopic (exact) mass is 841 g/mol. The van der Waals surface area contributed by atoms with Crippen molar-refractivity contribution >= 4 is 41.0 Å². The Kier molecular flexibility index (Phi) is 13.7. The van der Waals surface area contributed by atoms with Gasteiger partial charge < -0.3 is 35.8 Å². The van der Waals surface area contributed by atoms with Crippen molar-refractivity contribution in [2.75, 3.05) is 70.8 Å². The van der Waals surface area contributed by atoms with Gasteiger partial charge in [0, 0.05) is 76.9 Å². The van der Waals surface area contributed by atoms with E-state index < -0.39 is 23.7 Å². The number of carboxylic acids is 1. The smallest absolute Gasteiger partial charge is 0.435 e. The van der Waals surface area contributed by atoms with E-state index in [0.717, 1.165) is 29.5 Å². The first kappa shape index (κ1) is 43.2. The molecule has 0 bridgehead atoms. The van der Waals surface area contributed by atoms with E-state index in [9.17, 15) is 37.5 Å². The number of aliphatic carboxylic acids is 1. The normalized spacial score (nSPS) is 15.3. The summed E-state index contributed by atoms with van der Waals surface area (Å²) in [7, 11) is 1.41. The molecule has 2 aliphatic heterocycles. The highest BCUT2D eigenvalue weighted by Crippen LogP contribution is 2.37. The minimum absolute atomic E-state index is 0.0148. The van der Waals surface area contributed by atoms with Crippen LogP contribution in [0.3, 0.4) is 0 Å². The fourth-order valence-corrected chi connectivity index (χ4v) is 7.51. The molecule has 0 saturated carbocycles. The fourth-order valence-electron chi connectivity index (χ4n) is 7.25. The molecule has 6 rings (SSSR count). The van der Waals surface area contributed by atoms with E-state index in [-0.39, 0.29) is 76.5 Å². The molecule has 4 aromatic rings. The fraction of sp³-hybridized carbons (Fsp3) is 0.462. The summed E-state index contributed by atoms with van der Waals surface area (Å²) in [6.07, 6.45) is 0.726. The Hall–Kier alpha value is -5.37. The summed E-state index contributed by atoms with van der Waals surface area (Å²) in [6, 6.07) is 7.60. The molecule has 0 radical (unpaired) electrons. The third-order valence-corrected chi connectivity index (χ3v) is 11.0. The van der Waals surface area contributed by atoms with Crippen molar-refractivity contribution in [2.45, 2.75) is 32.4 Å². The maximum absolute atomic E-state index is 14.2. The van der Waals surface area contributed by atoms with Crippen LogP contribution in [0.25, 0.3) is 17.1 Å². The standard InChI is InChI=1S/C39H47ClF3N11O5/c1-3-26(9-11-51(23-33(55)56)21-25-17-45-18-25)37(58)52-12-14-53(15-13-52)38(59)28-6-5-27(16-30(28)40)48-36(57)35-47-20-31(50(35)2)29-22-54(49-34(29)39(41,42)43)32-7-4-24(8-10-44)19-46-32/h4-7,16,19-20,22,25-26,45H,3,8-15,17-18,21,23,44H2,1-2H3,(H,48,57)(H,55,56). The number of rotatable bonds is 16. The van der Waals surface area contributed by atoms with Crippen molar-refractivity contribution in [1.82, 2.24) is 44.3 Å². The number of carbonyl (C=O) groups is 4. The molecule has 59 heavy (non-hydrogen) atoms. The number of anilines is 1. The first-order valence-corrected chi connectivity index (χ1v) is 19.7. The number of piperazine rings is 1. The van der Waals surface area contributed by atoms with E-state index in [0.29, 0.717) is 57.9 Å². The predicted molar refractivity (Wildman–Crippen MR) is 212 cm³/mol. The largest absolute Gasteiger partial charge is 0.480 e. The number of aromatic nitrogens is 5. The highest BCUT2D eigenvalue weighted by atomic mass is 35.5. The van der Waals surface area contributed by atoms with Crippen LogP contribution in [0.4, 0.5) is 18.9 Å². The molecule has 0 aliphatic carbocycles. The maximum Gasteiger partial charge on any atom is 0.435 e. The number of nitrogens with one attached hydrogen (secondary N) is 2. The summed E-state index contributed by atoms with van der Waals surface area (Å²) < 4.78 is 44.8. The molecule has 2 aliphatic rings. The molecule has 1 atom stereocenters. The van der Waals surface area contributed by atoms with Crippen molar-refractivity contribution in [1.29, 1.82) is 0 Å². The number of pyridine rings is 1. The van der Waals surface area contributed by atoms with E-state index in [1.807, 2.05) is 11.8 Å². The second-order valence-electron chi connectivity index (χ2n) is 14.7. The molecular weight excluding hydrogens is 795 g/mol. The number of alkyl halides is 3. The lowest BCUT2D eigenvalue weighted by atomic mass is 9.98. The molecule has 2 saturated heterocycles. The number of amides is 3. The van der Waals surface area contributed by atoms with Gasteiger partial charge in [-0.2, -0.15) is 18.3 Å². The van der Waals surface area contributed by atoms with Crippen molar-refractivity contribution < 1.29 is 37.5 Å². The zero-order valence-electron chi connectivity index (χ0n) is 32.7. The van der Waals surface area contributed by atoms with Crippen LogP contribution in [0.5, 0.6) is 0 Å². The van der Waals surface area contributed by atoms with Crippen molar-refractivity contribution in [3.05, 3.63) is 76.6 Å². The van der Waals surface area contributed by atoms with Gasteiger partial charge in [0.05, 0.1) is 34.6 Å². The van der Waals surface area contributed by atoms with Crippen molar-refractivity contribution in [3.8, 4) is 17.1 Å². The summed E-state index contributed by atoms with van der Waals surface area (Å²) in [5, 5.41) is 19.0. The second kappa shape index (κ2) is 18.7. The van der Waals surface area contributed by atoms with Gasteiger partial charge in [-0.05, 0) is 68.1 Å². The third kappa shape index (κ3) is 10.3. The number of hydrogen-bond donors (Lipinski definition) is 4. The van der Waals surface area contributed by atoms with Crippen LogP contribution in [-0.4, -0.2) is 133 Å². The molecule has 20 heteroatoms. The quantitative estimate of drug-likeness (QED) is 0.129. The Morgan fingerprint density at radius 1 is 1.07 bits per heavy atom. The summed E-state index contributed by atoms with van der Waals surface area (Å²) in [6.45, 7) is 6.36. The number of carbonyl (C=O) groups excluding carboxylic acids is 3. The second-order valence-corrected chi connectivity index (χ2v) is 15.1. The van der Waals surface area contributed by atoms with Crippen LogP contribution in [0.2, 0.25) is 5.02 Å². The van der Waals surface area contributed by atoms with Gasteiger partial charge >= 0.3 is 12.1 Å². The molecular formula is C39H47ClF3N11O5. The molecule has 5 heterocycles. The summed E-state index contributed by atoms with van der Waals surface area (Å²) in [5.41, 5.74) is 5.31. The van der Waals surface area contributed by atoms with Crippen molar-refractivity contribution in [3.63, 3.8) is 0 Å². The molecule has 1 unspecified atom stereocenters. The zero-order chi connectivity index (χ0) is 42.4. The summed E-state index contributed by atoms with van der Waals surface area (Å²) in [4.78, 5) is 65.3. The number of nitrogens with zero attached hydrogens (tertiary/aromatic N) is 8. The highest BCUT2D eigenvalue weighted by molar-refractivity contribution is 6.34. The van der Waals surface area contributed by atoms with Crippen LogP contribution >= 0.6 is 11.6 Å². The van der Waals surface area contributed by atoms with Gasteiger partial charge in [-0.1, -0.05) is 24.6 Å². The first-order valence-electron chi connectivity index (χ1n) is 19.3. The molecule has 5 N–H and O–H groups in total. The van der Waals surface area contributed by atoms with Gasteiger partial charge in [-0.3, -0.25) is 24.1 Å². The third-order valence-electron chi connectivity index (χ3n) is 10.6. The molecule has 16 nitrogen and oxygen atoms in total. The zero-order valence-corrected chi connectivity index (χ0v) is 33.5. The molecule has 3 amide bonds. The molecule has 316 valence electrons. The summed E-state index contributed by atoms with van der Waals surface area (Å²) in [5.74, 6) is -1.90. The van der Waals surface area contributed by atoms with Gasteiger partial charge in [0.25, 0.3) is 11.8 Å². The SMILES string of the molecule is CCC(CCN(CC(=O)O)CC1CNC1)C(=O)N1CCN(C(=O)c2ccc(NC(=O)c3ncc(-c4cn(-c5ccc(CCN)cn5)nc4C(F)(F)F)n3C)cc2Cl)CC1.